The van der Waals surface area contributed by atoms with Crippen LogP contribution in [0.3, 0.4) is 0 Å². The van der Waals surface area contributed by atoms with Gasteiger partial charge < -0.3 is 15.7 Å². The Morgan fingerprint density at radius 3 is 2.93 bits per heavy atom. The lowest BCUT2D eigenvalue weighted by Crippen LogP contribution is -2.42. The lowest BCUT2D eigenvalue weighted by Gasteiger charge is -2.25. The van der Waals surface area contributed by atoms with Crippen molar-refractivity contribution in [2.45, 2.75) is 6.04 Å². The van der Waals surface area contributed by atoms with Gasteiger partial charge in [0.15, 0.2) is 11.6 Å². The summed E-state index contributed by atoms with van der Waals surface area (Å²) in [5.74, 6) is -0.802. The first kappa shape index (κ1) is 9.43. The third-order valence-corrected chi connectivity index (χ3v) is 2.43. The molecule has 0 amide bonds. The Bertz CT molecular complexity index is 324. The van der Waals surface area contributed by atoms with Crippen molar-refractivity contribution < 1.29 is 9.50 Å². The first-order valence-electron chi connectivity index (χ1n) is 4.70. The standard InChI is InChI=1S/C10H13FN2O/c11-8-3-1-2-7(10(8)14)9-6-12-4-5-13-9/h1-3,9,12-14H,4-6H2/t9-/m0/s1. The Balaban J connectivity index is 2.26. The fraction of sp³-hybridized carbons (Fsp3) is 0.400. The highest BCUT2D eigenvalue weighted by atomic mass is 19.1. The first-order valence-corrected chi connectivity index (χ1v) is 4.70. The van der Waals surface area contributed by atoms with Crippen LogP contribution in [-0.2, 0) is 0 Å². The molecule has 0 saturated carbocycles. The van der Waals surface area contributed by atoms with E-state index in [1.165, 1.54) is 6.07 Å². The number of rotatable bonds is 1. The van der Waals surface area contributed by atoms with Crippen molar-refractivity contribution in [2.24, 2.45) is 0 Å². The molecular weight excluding hydrogens is 183 g/mol. The van der Waals surface area contributed by atoms with E-state index >= 15 is 0 Å². The average Bonchev–Trinajstić information content (AvgIpc) is 2.23. The van der Waals surface area contributed by atoms with Crippen LogP contribution in [0.15, 0.2) is 18.2 Å². The summed E-state index contributed by atoms with van der Waals surface area (Å²) < 4.78 is 13.0. The van der Waals surface area contributed by atoms with Crippen LogP contribution in [0.1, 0.15) is 11.6 Å². The van der Waals surface area contributed by atoms with Crippen LogP contribution >= 0.6 is 0 Å². The number of hydrogen-bond donors (Lipinski definition) is 3. The number of aromatic hydroxyl groups is 1. The van der Waals surface area contributed by atoms with Crippen molar-refractivity contribution in [3.63, 3.8) is 0 Å². The van der Waals surface area contributed by atoms with Gasteiger partial charge in [0.2, 0.25) is 0 Å². The molecular formula is C10H13FN2O. The van der Waals surface area contributed by atoms with Gasteiger partial charge in [-0.3, -0.25) is 0 Å². The molecule has 3 N–H and O–H groups in total. The van der Waals surface area contributed by atoms with E-state index in [2.05, 4.69) is 10.6 Å². The summed E-state index contributed by atoms with van der Waals surface area (Å²) in [6.07, 6.45) is 0. The second-order valence-electron chi connectivity index (χ2n) is 3.39. The summed E-state index contributed by atoms with van der Waals surface area (Å²) in [6, 6.07) is 4.61. The highest BCUT2D eigenvalue weighted by Gasteiger charge is 2.18. The SMILES string of the molecule is Oc1c(F)cccc1[C@@H]1CNCCN1. The maximum absolute atomic E-state index is 13.0. The fourth-order valence-electron chi connectivity index (χ4n) is 1.69. The summed E-state index contributed by atoms with van der Waals surface area (Å²) in [5, 5.41) is 15.9. The van der Waals surface area contributed by atoms with Gasteiger partial charge in [-0.1, -0.05) is 12.1 Å². The lowest BCUT2D eigenvalue weighted by molar-refractivity contribution is 0.387. The van der Waals surface area contributed by atoms with Gasteiger partial charge in [0, 0.05) is 31.2 Å². The molecule has 1 atom stereocenters. The van der Waals surface area contributed by atoms with E-state index in [-0.39, 0.29) is 11.8 Å². The minimum Gasteiger partial charge on any atom is -0.505 e. The zero-order chi connectivity index (χ0) is 9.97. The predicted octanol–water partition coefficient (Wildman–Crippen LogP) is 0.765. The quantitative estimate of drug-likeness (QED) is 0.621. The number of halogens is 1. The van der Waals surface area contributed by atoms with Crippen LogP contribution in [0.2, 0.25) is 0 Å². The van der Waals surface area contributed by atoms with Gasteiger partial charge in [0.05, 0.1) is 0 Å². The van der Waals surface area contributed by atoms with Crippen molar-refractivity contribution in [2.75, 3.05) is 19.6 Å². The zero-order valence-electron chi connectivity index (χ0n) is 7.76. The Kier molecular flexibility index (Phi) is 2.65. The Morgan fingerprint density at radius 2 is 2.21 bits per heavy atom. The van der Waals surface area contributed by atoms with E-state index in [0.717, 1.165) is 19.6 Å². The number of phenols is 1. The summed E-state index contributed by atoms with van der Waals surface area (Å²) in [7, 11) is 0. The topological polar surface area (TPSA) is 44.3 Å². The van der Waals surface area contributed by atoms with Gasteiger partial charge in [-0.25, -0.2) is 4.39 Å². The minimum absolute atomic E-state index is 0.000509. The minimum atomic E-state index is -0.560. The Hall–Kier alpha value is -1.13. The van der Waals surface area contributed by atoms with E-state index in [4.69, 9.17) is 0 Å². The Morgan fingerprint density at radius 1 is 1.36 bits per heavy atom. The average molecular weight is 196 g/mol. The Labute approximate surface area is 81.9 Å². The molecule has 1 aliphatic rings. The smallest absolute Gasteiger partial charge is 0.165 e. The number of para-hydroxylation sites is 1. The van der Waals surface area contributed by atoms with Crippen molar-refractivity contribution in [1.29, 1.82) is 0 Å². The highest BCUT2D eigenvalue weighted by Crippen LogP contribution is 2.26. The van der Waals surface area contributed by atoms with E-state index in [9.17, 15) is 9.50 Å². The molecule has 0 aromatic heterocycles. The van der Waals surface area contributed by atoms with Crippen molar-refractivity contribution in [3.8, 4) is 5.75 Å². The second kappa shape index (κ2) is 3.94. The van der Waals surface area contributed by atoms with Crippen LogP contribution in [-0.4, -0.2) is 24.7 Å². The van der Waals surface area contributed by atoms with Crippen LogP contribution in [0.5, 0.6) is 5.75 Å². The van der Waals surface area contributed by atoms with Gasteiger partial charge in [0.25, 0.3) is 0 Å². The highest BCUT2D eigenvalue weighted by molar-refractivity contribution is 5.36. The van der Waals surface area contributed by atoms with Crippen LogP contribution in [0.4, 0.5) is 4.39 Å². The molecule has 0 unspecified atom stereocenters. The van der Waals surface area contributed by atoms with Gasteiger partial charge >= 0.3 is 0 Å². The molecule has 4 heteroatoms. The number of phenolic OH excluding ortho intramolecular Hbond substituents is 1. The maximum Gasteiger partial charge on any atom is 0.165 e. The van der Waals surface area contributed by atoms with Gasteiger partial charge in [-0.2, -0.15) is 0 Å². The molecule has 1 heterocycles. The summed E-state index contributed by atoms with van der Waals surface area (Å²) in [4.78, 5) is 0. The van der Waals surface area contributed by atoms with E-state index in [0.29, 0.717) is 5.56 Å². The molecule has 0 spiro atoms. The molecule has 0 bridgehead atoms. The van der Waals surface area contributed by atoms with Gasteiger partial charge in [-0.15, -0.1) is 0 Å². The molecule has 76 valence electrons. The first-order chi connectivity index (χ1) is 6.79. The molecule has 3 nitrogen and oxygen atoms in total. The number of nitrogens with one attached hydrogen (secondary N) is 2. The summed E-state index contributed by atoms with van der Waals surface area (Å²) >= 11 is 0. The van der Waals surface area contributed by atoms with Crippen LogP contribution < -0.4 is 10.6 Å². The van der Waals surface area contributed by atoms with Crippen molar-refractivity contribution in [1.82, 2.24) is 10.6 Å². The lowest BCUT2D eigenvalue weighted by atomic mass is 10.0. The molecule has 1 aromatic carbocycles. The van der Waals surface area contributed by atoms with Crippen LogP contribution in [0.25, 0.3) is 0 Å². The van der Waals surface area contributed by atoms with Crippen molar-refractivity contribution in [3.05, 3.63) is 29.6 Å². The molecule has 1 saturated heterocycles. The third-order valence-electron chi connectivity index (χ3n) is 2.43. The molecule has 14 heavy (non-hydrogen) atoms. The van der Waals surface area contributed by atoms with Gasteiger partial charge in [-0.05, 0) is 6.07 Å². The number of hydrogen-bond acceptors (Lipinski definition) is 3. The zero-order valence-corrected chi connectivity index (χ0v) is 7.76. The van der Waals surface area contributed by atoms with E-state index in [1.54, 1.807) is 12.1 Å². The van der Waals surface area contributed by atoms with E-state index < -0.39 is 5.82 Å². The molecule has 0 aliphatic carbocycles. The molecule has 2 rings (SSSR count). The predicted molar refractivity (Wildman–Crippen MR) is 51.7 cm³/mol. The molecule has 1 aromatic rings. The largest absolute Gasteiger partial charge is 0.505 e. The summed E-state index contributed by atoms with van der Waals surface area (Å²) in [5.41, 5.74) is 0.622. The fourth-order valence-corrected chi connectivity index (χ4v) is 1.69. The van der Waals surface area contributed by atoms with E-state index in [1.807, 2.05) is 0 Å². The molecule has 0 radical (unpaired) electrons. The van der Waals surface area contributed by atoms with Gasteiger partial charge in [0.1, 0.15) is 0 Å². The number of benzene rings is 1. The van der Waals surface area contributed by atoms with Crippen LogP contribution in [0, 0.1) is 5.82 Å². The maximum atomic E-state index is 13.0. The number of piperazine rings is 1. The van der Waals surface area contributed by atoms with Crippen molar-refractivity contribution >= 4 is 0 Å². The molecule has 1 fully saturated rings. The normalized spacial score (nSPS) is 22.2. The summed E-state index contributed by atoms with van der Waals surface area (Å²) in [6.45, 7) is 2.46. The second-order valence-corrected chi connectivity index (χ2v) is 3.39. The molecule has 1 aliphatic heterocycles. The monoisotopic (exact) mass is 196 g/mol. The third kappa shape index (κ3) is 1.71.